The highest BCUT2D eigenvalue weighted by Gasteiger charge is 2.25. The van der Waals surface area contributed by atoms with E-state index in [1.54, 1.807) is 18.2 Å². The minimum atomic E-state index is -1.63. The first-order valence-electron chi connectivity index (χ1n) is 4.46. The molecule has 0 aliphatic rings. The first kappa shape index (κ1) is 13.0. The number of ether oxygens (including phenoxy) is 1. The van der Waals surface area contributed by atoms with Gasteiger partial charge in [-0.05, 0) is 17.7 Å². The molecule has 0 heterocycles. The minimum absolute atomic E-state index is 0.368. The maximum Gasteiger partial charge on any atom is 0.249 e. The number of carbonyl (C=O) groups excluding carboxylic acids is 1. The molecule has 5 nitrogen and oxygen atoms in total. The summed E-state index contributed by atoms with van der Waals surface area (Å²) >= 11 is 3.20. The van der Waals surface area contributed by atoms with E-state index in [4.69, 9.17) is 10.5 Å². The van der Waals surface area contributed by atoms with Crippen molar-refractivity contribution in [2.45, 2.75) is 12.2 Å². The lowest BCUT2D eigenvalue weighted by Crippen LogP contribution is -2.34. The number of carbonyl (C=O) groups is 1. The molecule has 2 atom stereocenters. The van der Waals surface area contributed by atoms with Gasteiger partial charge in [-0.25, -0.2) is 0 Å². The second kappa shape index (κ2) is 5.29. The molecule has 88 valence electrons. The van der Waals surface area contributed by atoms with Crippen molar-refractivity contribution < 1.29 is 19.7 Å². The molecule has 0 saturated carbocycles. The van der Waals surface area contributed by atoms with Gasteiger partial charge in [0, 0.05) is 4.47 Å². The van der Waals surface area contributed by atoms with Crippen molar-refractivity contribution in [3.63, 3.8) is 0 Å². The van der Waals surface area contributed by atoms with Crippen LogP contribution in [0, 0.1) is 0 Å². The summed E-state index contributed by atoms with van der Waals surface area (Å²) in [6.45, 7) is 0. The second-order valence-corrected chi connectivity index (χ2v) is 4.03. The predicted molar refractivity (Wildman–Crippen MR) is 60.9 cm³/mol. The Morgan fingerprint density at radius 1 is 1.50 bits per heavy atom. The molecule has 0 spiro atoms. The van der Waals surface area contributed by atoms with E-state index < -0.39 is 18.1 Å². The summed E-state index contributed by atoms with van der Waals surface area (Å²) in [5.41, 5.74) is 5.26. The van der Waals surface area contributed by atoms with Crippen LogP contribution in [0.2, 0.25) is 0 Å². The lowest BCUT2D eigenvalue weighted by Gasteiger charge is -2.17. The molecule has 0 radical (unpaired) electrons. The number of benzene rings is 1. The summed E-state index contributed by atoms with van der Waals surface area (Å²) in [5, 5.41) is 19.0. The van der Waals surface area contributed by atoms with Gasteiger partial charge in [0.05, 0.1) is 7.11 Å². The molecule has 0 saturated heterocycles. The van der Waals surface area contributed by atoms with Crippen LogP contribution in [0.15, 0.2) is 22.7 Å². The van der Waals surface area contributed by atoms with Crippen molar-refractivity contribution >= 4 is 21.8 Å². The van der Waals surface area contributed by atoms with Crippen molar-refractivity contribution in [3.8, 4) is 5.75 Å². The van der Waals surface area contributed by atoms with Gasteiger partial charge in [-0.2, -0.15) is 0 Å². The van der Waals surface area contributed by atoms with E-state index in [1.807, 2.05) is 0 Å². The minimum Gasteiger partial charge on any atom is -0.497 e. The fourth-order valence-electron chi connectivity index (χ4n) is 1.20. The molecule has 16 heavy (non-hydrogen) atoms. The van der Waals surface area contributed by atoms with Crippen LogP contribution >= 0.6 is 15.9 Å². The number of amides is 1. The summed E-state index contributed by atoms with van der Waals surface area (Å²) in [7, 11) is 1.51. The Hall–Kier alpha value is -1.11. The molecule has 1 rings (SSSR count). The quantitative estimate of drug-likeness (QED) is 0.745. The van der Waals surface area contributed by atoms with Gasteiger partial charge in [-0.3, -0.25) is 4.79 Å². The third-order valence-corrected chi connectivity index (χ3v) is 2.80. The zero-order valence-electron chi connectivity index (χ0n) is 8.55. The molecule has 0 bridgehead atoms. The van der Waals surface area contributed by atoms with Gasteiger partial charge in [-0.15, -0.1) is 0 Å². The number of nitrogens with two attached hydrogens (primary N) is 1. The molecule has 1 aromatic carbocycles. The molecular weight excluding hydrogens is 278 g/mol. The van der Waals surface area contributed by atoms with E-state index in [9.17, 15) is 15.0 Å². The molecular formula is C10H12BrNO4. The zero-order valence-corrected chi connectivity index (χ0v) is 10.1. The zero-order chi connectivity index (χ0) is 12.3. The van der Waals surface area contributed by atoms with Gasteiger partial charge in [0.1, 0.15) is 11.9 Å². The standard InChI is InChI=1S/C10H12BrNO4/c1-16-5-2-3-6(7(11)4-5)8(13)9(14)10(12)15/h2-4,8-9,13-14H,1H3,(H2,12,15). The molecule has 6 heteroatoms. The number of aliphatic hydroxyl groups excluding tert-OH is 2. The van der Waals surface area contributed by atoms with Gasteiger partial charge in [0.15, 0.2) is 6.10 Å². The number of aliphatic hydroxyl groups is 2. The Labute approximate surface area is 101 Å². The number of methoxy groups -OCH3 is 1. The molecule has 4 N–H and O–H groups in total. The normalized spacial score (nSPS) is 14.2. The Bertz CT molecular complexity index is 396. The molecule has 0 fully saturated rings. The highest BCUT2D eigenvalue weighted by Crippen LogP contribution is 2.29. The third kappa shape index (κ3) is 2.72. The van der Waals surface area contributed by atoms with E-state index in [-0.39, 0.29) is 0 Å². The van der Waals surface area contributed by atoms with Crippen LogP contribution in [-0.2, 0) is 4.79 Å². The molecule has 0 aromatic heterocycles. The SMILES string of the molecule is COc1ccc(C(O)C(O)C(N)=O)c(Br)c1. The van der Waals surface area contributed by atoms with Gasteiger partial charge in [0.25, 0.3) is 0 Å². The van der Waals surface area contributed by atoms with Crippen LogP contribution in [0.4, 0.5) is 0 Å². The number of halogens is 1. The second-order valence-electron chi connectivity index (χ2n) is 3.18. The lowest BCUT2D eigenvalue weighted by atomic mass is 10.0. The predicted octanol–water partition coefficient (Wildman–Crippen LogP) is 0.337. The first-order valence-corrected chi connectivity index (χ1v) is 5.25. The van der Waals surface area contributed by atoms with Crippen LogP contribution in [0.5, 0.6) is 5.75 Å². The molecule has 1 amide bonds. The van der Waals surface area contributed by atoms with Gasteiger partial charge in [0.2, 0.25) is 5.91 Å². The number of hydrogen-bond donors (Lipinski definition) is 3. The Balaban J connectivity index is 3.00. The summed E-state index contributed by atoms with van der Waals surface area (Å²) in [6.07, 6.45) is -3.00. The smallest absolute Gasteiger partial charge is 0.249 e. The average Bonchev–Trinajstić information content (AvgIpc) is 2.26. The molecule has 0 aliphatic carbocycles. The van der Waals surface area contributed by atoms with Gasteiger partial charge < -0.3 is 20.7 Å². The lowest BCUT2D eigenvalue weighted by molar-refractivity contribution is -0.132. The van der Waals surface area contributed by atoms with Gasteiger partial charge in [-0.1, -0.05) is 22.0 Å². The van der Waals surface area contributed by atoms with E-state index in [2.05, 4.69) is 15.9 Å². The highest BCUT2D eigenvalue weighted by molar-refractivity contribution is 9.10. The van der Waals surface area contributed by atoms with Crippen LogP contribution in [0.3, 0.4) is 0 Å². The summed E-state index contributed by atoms with van der Waals surface area (Å²) < 4.78 is 5.50. The molecule has 0 aliphatic heterocycles. The van der Waals surface area contributed by atoms with Crippen molar-refractivity contribution in [2.75, 3.05) is 7.11 Å². The fourth-order valence-corrected chi connectivity index (χ4v) is 1.79. The summed E-state index contributed by atoms with van der Waals surface area (Å²) in [4.78, 5) is 10.7. The van der Waals surface area contributed by atoms with E-state index in [0.717, 1.165) is 0 Å². The van der Waals surface area contributed by atoms with Crippen LogP contribution < -0.4 is 10.5 Å². The highest BCUT2D eigenvalue weighted by atomic mass is 79.9. The summed E-state index contributed by atoms with van der Waals surface area (Å²) in [6, 6.07) is 4.77. The van der Waals surface area contributed by atoms with Crippen LogP contribution in [0.25, 0.3) is 0 Å². The summed E-state index contributed by atoms with van der Waals surface area (Å²) in [5.74, 6) is -0.383. The van der Waals surface area contributed by atoms with Crippen molar-refractivity contribution in [2.24, 2.45) is 5.73 Å². The maximum absolute atomic E-state index is 10.7. The maximum atomic E-state index is 10.7. The average molecular weight is 290 g/mol. The third-order valence-electron chi connectivity index (χ3n) is 2.12. The molecule has 1 aromatic rings. The molecule has 2 unspecified atom stereocenters. The van der Waals surface area contributed by atoms with Gasteiger partial charge >= 0.3 is 0 Å². The van der Waals surface area contributed by atoms with Crippen molar-refractivity contribution in [3.05, 3.63) is 28.2 Å². The largest absolute Gasteiger partial charge is 0.497 e. The van der Waals surface area contributed by atoms with Crippen LogP contribution in [-0.4, -0.2) is 29.3 Å². The first-order chi connectivity index (χ1) is 7.47. The van der Waals surface area contributed by atoms with E-state index in [0.29, 0.717) is 15.8 Å². The number of primary amides is 1. The monoisotopic (exact) mass is 289 g/mol. The Morgan fingerprint density at radius 2 is 2.12 bits per heavy atom. The Kier molecular flexibility index (Phi) is 4.28. The topological polar surface area (TPSA) is 92.8 Å². The number of hydrogen-bond acceptors (Lipinski definition) is 4. The van der Waals surface area contributed by atoms with Crippen molar-refractivity contribution in [1.29, 1.82) is 0 Å². The Morgan fingerprint density at radius 3 is 2.56 bits per heavy atom. The van der Waals surface area contributed by atoms with Crippen LogP contribution in [0.1, 0.15) is 11.7 Å². The van der Waals surface area contributed by atoms with E-state index in [1.165, 1.54) is 7.11 Å². The van der Waals surface area contributed by atoms with E-state index >= 15 is 0 Å². The number of rotatable bonds is 4. The fraction of sp³-hybridized carbons (Fsp3) is 0.300. The van der Waals surface area contributed by atoms with Crippen molar-refractivity contribution in [1.82, 2.24) is 0 Å².